The van der Waals surface area contributed by atoms with Gasteiger partial charge >= 0.3 is 0 Å². The highest BCUT2D eigenvalue weighted by molar-refractivity contribution is 5.96. The summed E-state index contributed by atoms with van der Waals surface area (Å²) >= 11 is 0. The van der Waals surface area contributed by atoms with Gasteiger partial charge in [-0.2, -0.15) is 0 Å². The molecule has 6 heteroatoms. The quantitative estimate of drug-likeness (QED) is 0.568. The second kappa shape index (κ2) is 9.85. The van der Waals surface area contributed by atoms with Crippen LogP contribution in [0.3, 0.4) is 0 Å². The number of nitrogens with one attached hydrogen (secondary N) is 3. The molecular weight excluding hydrogens is 366 g/mol. The van der Waals surface area contributed by atoms with Gasteiger partial charge in [0.2, 0.25) is 5.91 Å². The molecule has 3 amide bonds. The van der Waals surface area contributed by atoms with Crippen molar-refractivity contribution in [3.63, 3.8) is 0 Å². The molecule has 3 aromatic carbocycles. The highest BCUT2D eigenvalue weighted by Gasteiger charge is 2.19. The van der Waals surface area contributed by atoms with E-state index in [2.05, 4.69) is 16.2 Å². The van der Waals surface area contributed by atoms with Crippen molar-refractivity contribution in [3.05, 3.63) is 108 Å². The lowest BCUT2D eigenvalue weighted by atomic mass is 10.0. The number of hydrazine groups is 1. The molecule has 29 heavy (non-hydrogen) atoms. The molecule has 0 aliphatic rings. The molecule has 0 aliphatic heterocycles. The molecule has 0 aliphatic carbocycles. The number of carbonyl (C=O) groups excluding carboxylic acids is 3. The summed E-state index contributed by atoms with van der Waals surface area (Å²) in [6, 6.07) is 26.0. The van der Waals surface area contributed by atoms with E-state index in [1.165, 1.54) is 0 Å². The van der Waals surface area contributed by atoms with Crippen molar-refractivity contribution in [2.24, 2.45) is 0 Å². The minimum Gasteiger partial charge on any atom is -0.345 e. The van der Waals surface area contributed by atoms with Gasteiger partial charge in [-0.1, -0.05) is 66.7 Å². The lowest BCUT2D eigenvalue weighted by molar-refractivity contribution is -0.122. The first-order valence-corrected chi connectivity index (χ1v) is 9.18. The Balaban J connectivity index is 1.64. The summed E-state index contributed by atoms with van der Waals surface area (Å²) in [4.78, 5) is 37.0. The van der Waals surface area contributed by atoms with Crippen LogP contribution in [0.15, 0.2) is 91.0 Å². The van der Waals surface area contributed by atoms with Gasteiger partial charge < -0.3 is 5.32 Å². The Morgan fingerprint density at radius 1 is 0.621 bits per heavy atom. The second-order valence-corrected chi connectivity index (χ2v) is 6.38. The highest BCUT2D eigenvalue weighted by atomic mass is 16.2. The van der Waals surface area contributed by atoms with E-state index in [0.717, 1.165) is 5.56 Å². The van der Waals surface area contributed by atoms with Crippen molar-refractivity contribution < 1.29 is 14.4 Å². The van der Waals surface area contributed by atoms with Gasteiger partial charge in [-0.3, -0.25) is 25.2 Å². The molecule has 0 spiro atoms. The molecule has 0 aromatic heterocycles. The van der Waals surface area contributed by atoms with E-state index in [0.29, 0.717) is 11.1 Å². The molecular formula is C23H21N3O3. The van der Waals surface area contributed by atoms with Crippen molar-refractivity contribution >= 4 is 17.7 Å². The largest absolute Gasteiger partial charge is 0.345 e. The summed E-state index contributed by atoms with van der Waals surface area (Å²) in [5.74, 6) is -1.11. The fourth-order valence-electron chi connectivity index (χ4n) is 2.79. The zero-order valence-corrected chi connectivity index (χ0v) is 15.7. The molecule has 3 rings (SSSR count). The van der Waals surface area contributed by atoms with Crippen LogP contribution in [-0.2, 0) is 4.79 Å². The molecule has 6 nitrogen and oxygen atoms in total. The van der Waals surface area contributed by atoms with Crippen molar-refractivity contribution in [2.75, 3.05) is 0 Å². The van der Waals surface area contributed by atoms with Gasteiger partial charge in [0, 0.05) is 11.1 Å². The van der Waals surface area contributed by atoms with Gasteiger partial charge in [0.05, 0.1) is 12.5 Å². The van der Waals surface area contributed by atoms with Gasteiger partial charge in [0.25, 0.3) is 11.8 Å². The lowest BCUT2D eigenvalue weighted by Gasteiger charge is -2.19. The van der Waals surface area contributed by atoms with Crippen LogP contribution in [0.5, 0.6) is 0 Å². The number of hydrogen-bond acceptors (Lipinski definition) is 3. The summed E-state index contributed by atoms with van der Waals surface area (Å²) in [6.45, 7) is 0. The minimum atomic E-state index is -0.544. The SMILES string of the molecule is O=C(C[C@H](NC(=O)c1ccccc1)c1ccccc1)NNC(=O)c1ccccc1. The van der Waals surface area contributed by atoms with Crippen LogP contribution in [0.1, 0.15) is 38.7 Å². The Labute approximate surface area is 168 Å². The predicted octanol–water partition coefficient (Wildman–Crippen LogP) is 3.01. The maximum absolute atomic E-state index is 12.5. The highest BCUT2D eigenvalue weighted by Crippen LogP contribution is 2.17. The summed E-state index contributed by atoms with van der Waals surface area (Å²) in [5.41, 5.74) is 6.53. The molecule has 3 aromatic rings. The molecule has 0 radical (unpaired) electrons. The third-order valence-corrected chi connectivity index (χ3v) is 4.28. The molecule has 146 valence electrons. The normalized spacial score (nSPS) is 11.2. The number of carbonyl (C=O) groups is 3. The molecule has 0 saturated heterocycles. The first-order chi connectivity index (χ1) is 14.1. The van der Waals surface area contributed by atoms with Crippen LogP contribution >= 0.6 is 0 Å². The number of hydrogen-bond donors (Lipinski definition) is 3. The summed E-state index contributed by atoms with van der Waals surface area (Å²) in [6.07, 6.45) is -0.0301. The van der Waals surface area contributed by atoms with Crippen molar-refractivity contribution in [1.29, 1.82) is 0 Å². The van der Waals surface area contributed by atoms with E-state index in [1.807, 2.05) is 36.4 Å². The maximum Gasteiger partial charge on any atom is 0.269 e. The minimum absolute atomic E-state index is 0.0301. The Morgan fingerprint density at radius 3 is 1.66 bits per heavy atom. The van der Waals surface area contributed by atoms with Gasteiger partial charge in [0.15, 0.2) is 0 Å². The molecule has 0 saturated carbocycles. The fraction of sp³-hybridized carbons (Fsp3) is 0.0870. The van der Waals surface area contributed by atoms with E-state index >= 15 is 0 Å². The molecule has 3 N–H and O–H groups in total. The number of rotatable bonds is 6. The van der Waals surface area contributed by atoms with E-state index in [1.54, 1.807) is 54.6 Å². The lowest BCUT2D eigenvalue weighted by Crippen LogP contribution is -2.43. The maximum atomic E-state index is 12.5. The van der Waals surface area contributed by atoms with Crippen LogP contribution in [0, 0.1) is 0 Å². The molecule has 0 fully saturated rings. The third-order valence-electron chi connectivity index (χ3n) is 4.28. The zero-order chi connectivity index (χ0) is 20.5. The summed E-state index contributed by atoms with van der Waals surface area (Å²) in [7, 11) is 0. The Morgan fingerprint density at radius 2 is 1.10 bits per heavy atom. The summed E-state index contributed by atoms with van der Waals surface area (Å²) < 4.78 is 0. The van der Waals surface area contributed by atoms with E-state index in [-0.39, 0.29) is 12.3 Å². The Bertz CT molecular complexity index is 960. The van der Waals surface area contributed by atoms with E-state index in [9.17, 15) is 14.4 Å². The van der Waals surface area contributed by atoms with Crippen molar-refractivity contribution in [3.8, 4) is 0 Å². The molecule has 0 unspecified atom stereocenters. The number of amides is 3. The van der Waals surface area contributed by atoms with Crippen LogP contribution < -0.4 is 16.2 Å². The Kier molecular flexibility index (Phi) is 6.73. The molecule has 1 atom stereocenters. The monoisotopic (exact) mass is 387 g/mol. The molecule has 0 bridgehead atoms. The first-order valence-electron chi connectivity index (χ1n) is 9.18. The van der Waals surface area contributed by atoms with Crippen LogP contribution in [0.2, 0.25) is 0 Å². The van der Waals surface area contributed by atoms with Crippen LogP contribution in [0.25, 0.3) is 0 Å². The van der Waals surface area contributed by atoms with Gasteiger partial charge in [-0.05, 0) is 29.8 Å². The fourth-order valence-corrected chi connectivity index (χ4v) is 2.79. The average Bonchev–Trinajstić information content (AvgIpc) is 2.78. The van der Waals surface area contributed by atoms with Gasteiger partial charge in [-0.25, -0.2) is 0 Å². The van der Waals surface area contributed by atoms with E-state index in [4.69, 9.17) is 0 Å². The first kappa shape index (κ1) is 19.8. The topological polar surface area (TPSA) is 87.3 Å². The van der Waals surface area contributed by atoms with Crippen LogP contribution in [0.4, 0.5) is 0 Å². The smallest absolute Gasteiger partial charge is 0.269 e. The summed E-state index contributed by atoms with van der Waals surface area (Å²) in [5, 5.41) is 2.89. The van der Waals surface area contributed by atoms with Crippen LogP contribution in [-0.4, -0.2) is 17.7 Å². The Hall–Kier alpha value is -3.93. The predicted molar refractivity (Wildman–Crippen MR) is 110 cm³/mol. The third kappa shape index (κ3) is 5.77. The van der Waals surface area contributed by atoms with Gasteiger partial charge in [-0.15, -0.1) is 0 Å². The standard InChI is InChI=1S/C23H21N3O3/c27-21(25-26-23(29)19-14-8-3-9-15-19)16-20(17-10-4-1-5-11-17)24-22(28)18-12-6-2-7-13-18/h1-15,20H,16H2,(H,24,28)(H,25,27)(H,26,29)/t20-/m0/s1. The molecule has 0 heterocycles. The number of benzene rings is 3. The average molecular weight is 387 g/mol. The van der Waals surface area contributed by atoms with Crippen molar-refractivity contribution in [2.45, 2.75) is 12.5 Å². The van der Waals surface area contributed by atoms with Gasteiger partial charge in [0.1, 0.15) is 0 Å². The van der Waals surface area contributed by atoms with Crippen molar-refractivity contribution in [1.82, 2.24) is 16.2 Å². The second-order valence-electron chi connectivity index (χ2n) is 6.38. The van der Waals surface area contributed by atoms with E-state index < -0.39 is 17.9 Å². The zero-order valence-electron chi connectivity index (χ0n) is 15.7.